The van der Waals surface area contributed by atoms with Crippen LogP contribution in [0, 0.1) is 0 Å². The minimum Gasteiger partial charge on any atom is -0.376 e. The third kappa shape index (κ3) is 2.47. The first-order chi connectivity index (χ1) is 8.83. The maximum Gasteiger partial charge on any atom is 0.137 e. The van der Waals surface area contributed by atoms with Crippen molar-refractivity contribution in [3.8, 4) is 0 Å². The predicted octanol–water partition coefficient (Wildman–Crippen LogP) is 2.98. The highest BCUT2D eigenvalue weighted by molar-refractivity contribution is 9.10. The number of nitrogens with zero attached hydrogens (tertiary/aromatic N) is 2. The van der Waals surface area contributed by atoms with E-state index in [0.717, 1.165) is 47.2 Å². The molecule has 3 rings (SSSR count). The van der Waals surface area contributed by atoms with Crippen molar-refractivity contribution >= 4 is 32.7 Å². The van der Waals surface area contributed by atoms with E-state index in [1.807, 2.05) is 18.2 Å². The second-order valence-corrected chi connectivity index (χ2v) is 5.32. The van der Waals surface area contributed by atoms with Crippen LogP contribution in [0.3, 0.4) is 0 Å². The first-order valence-corrected chi connectivity index (χ1v) is 6.88. The van der Waals surface area contributed by atoms with E-state index < -0.39 is 0 Å². The van der Waals surface area contributed by atoms with Crippen LogP contribution in [0.25, 0.3) is 10.9 Å². The van der Waals surface area contributed by atoms with Crippen molar-refractivity contribution in [2.24, 2.45) is 0 Å². The summed E-state index contributed by atoms with van der Waals surface area (Å²) >= 11 is 3.48. The third-order valence-corrected chi connectivity index (χ3v) is 3.61. The predicted molar refractivity (Wildman–Crippen MR) is 74.7 cm³/mol. The molecule has 0 unspecified atom stereocenters. The zero-order valence-electron chi connectivity index (χ0n) is 9.90. The molecular weight excluding hydrogens is 294 g/mol. The van der Waals surface area contributed by atoms with Crippen LogP contribution in [-0.4, -0.2) is 29.2 Å². The molecule has 0 radical (unpaired) electrons. The fraction of sp³-hybridized carbons (Fsp3) is 0.385. The second kappa shape index (κ2) is 5.20. The van der Waals surface area contributed by atoms with E-state index in [-0.39, 0.29) is 0 Å². The van der Waals surface area contributed by atoms with Gasteiger partial charge in [0.2, 0.25) is 0 Å². The Balaban J connectivity index is 1.84. The first-order valence-electron chi connectivity index (χ1n) is 6.09. The molecule has 0 amide bonds. The zero-order valence-corrected chi connectivity index (χ0v) is 11.5. The molecule has 0 saturated carbocycles. The van der Waals surface area contributed by atoms with E-state index in [2.05, 4.69) is 31.2 Å². The number of hydrogen-bond acceptors (Lipinski definition) is 4. The summed E-state index contributed by atoms with van der Waals surface area (Å²) in [7, 11) is 0. The monoisotopic (exact) mass is 307 g/mol. The van der Waals surface area contributed by atoms with Gasteiger partial charge in [0.15, 0.2) is 0 Å². The third-order valence-electron chi connectivity index (χ3n) is 3.12. The van der Waals surface area contributed by atoms with Gasteiger partial charge < -0.3 is 10.1 Å². The van der Waals surface area contributed by atoms with Crippen LogP contribution in [0.1, 0.15) is 12.8 Å². The Morgan fingerprint density at radius 2 is 2.33 bits per heavy atom. The van der Waals surface area contributed by atoms with Gasteiger partial charge in [-0.25, -0.2) is 9.97 Å². The van der Waals surface area contributed by atoms with E-state index >= 15 is 0 Å². The highest BCUT2D eigenvalue weighted by atomic mass is 79.9. The van der Waals surface area contributed by atoms with E-state index in [1.54, 1.807) is 6.33 Å². The molecule has 4 nitrogen and oxygen atoms in total. The van der Waals surface area contributed by atoms with Crippen molar-refractivity contribution in [2.75, 3.05) is 18.5 Å². The maximum absolute atomic E-state index is 5.60. The van der Waals surface area contributed by atoms with E-state index in [1.165, 1.54) is 0 Å². The standard InChI is InChI=1S/C13H14BrN3O/c14-9-3-4-12-11(6-9)13(17-8-16-12)15-7-10-2-1-5-18-10/h3-4,6,8,10H,1-2,5,7H2,(H,15,16,17)/t10-/m1/s1. The van der Waals surface area contributed by atoms with Crippen molar-refractivity contribution in [1.29, 1.82) is 0 Å². The van der Waals surface area contributed by atoms with E-state index in [0.29, 0.717) is 6.10 Å². The Bertz CT molecular complexity index is 555. The summed E-state index contributed by atoms with van der Waals surface area (Å²) in [4.78, 5) is 8.57. The van der Waals surface area contributed by atoms with Gasteiger partial charge in [-0.15, -0.1) is 0 Å². The molecule has 1 aliphatic rings. The second-order valence-electron chi connectivity index (χ2n) is 4.40. The van der Waals surface area contributed by atoms with Crippen molar-refractivity contribution in [2.45, 2.75) is 18.9 Å². The summed E-state index contributed by atoms with van der Waals surface area (Å²) in [6, 6.07) is 6.00. The number of halogens is 1. The number of anilines is 1. The molecule has 1 fully saturated rings. The Morgan fingerprint density at radius 3 is 3.17 bits per heavy atom. The van der Waals surface area contributed by atoms with E-state index in [4.69, 9.17) is 4.74 Å². The summed E-state index contributed by atoms with van der Waals surface area (Å²) in [6.45, 7) is 1.68. The molecule has 2 heterocycles. The fourth-order valence-electron chi connectivity index (χ4n) is 2.19. The lowest BCUT2D eigenvalue weighted by atomic mass is 10.2. The molecular formula is C13H14BrN3O. The number of aromatic nitrogens is 2. The smallest absolute Gasteiger partial charge is 0.137 e. The van der Waals surface area contributed by atoms with Crippen LogP contribution >= 0.6 is 15.9 Å². The van der Waals surface area contributed by atoms with Gasteiger partial charge >= 0.3 is 0 Å². The first kappa shape index (κ1) is 11.9. The number of ether oxygens (including phenoxy) is 1. The SMILES string of the molecule is Brc1ccc2ncnc(NC[C@H]3CCCO3)c2c1. The van der Waals surface area contributed by atoms with Crippen LogP contribution in [0.5, 0.6) is 0 Å². The molecule has 1 saturated heterocycles. The number of nitrogens with one attached hydrogen (secondary N) is 1. The fourth-order valence-corrected chi connectivity index (χ4v) is 2.55. The highest BCUT2D eigenvalue weighted by Crippen LogP contribution is 2.23. The summed E-state index contributed by atoms with van der Waals surface area (Å²) in [5, 5.41) is 4.39. The molecule has 94 valence electrons. The minimum absolute atomic E-state index is 0.308. The lowest BCUT2D eigenvalue weighted by molar-refractivity contribution is 0.120. The van der Waals surface area contributed by atoms with Crippen molar-refractivity contribution in [3.63, 3.8) is 0 Å². The van der Waals surface area contributed by atoms with Gasteiger partial charge in [0, 0.05) is 23.0 Å². The number of rotatable bonds is 3. The van der Waals surface area contributed by atoms with Crippen LogP contribution < -0.4 is 5.32 Å². The average molecular weight is 308 g/mol. The molecule has 2 aromatic rings. The Labute approximate surface area is 114 Å². The largest absolute Gasteiger partial charge is 0.376 e. The summed E-state index contributed by atoms with van der Waals surface area (Å²) < 4.78 is 6.63. The Hall–Kier alpha value is -1.20. The normalized spacial score (nSPS) is 19.3. The molecule has 5 heteroatoms. The average Bonchev–Trinajstić information content (AvgIpc) is 2.89. The maximum atomic E-state index is 5.60. The molecule has 0 spiro atoms. The number of benzene rings is 1. The molecule has 1 N–H and O–H groups in total. The quantitative estimate of drug-likeness (QED) is 0.947. The molecule has 1 aromatic carbocycles. The van der Waals surface area contributed by atoms with E-state index in [9.17, 15) is 0 Å². The summed E-state index contributed by atoms with van der Waals surface area (Å²) in [5.41, 5.74) is 0.947. The Kier molecular flexibility index (Phi) is 3.43. The van der Waals surface area contributed by atoms with Crippen LogP contribution in [0.4, 0.5) is 5.82 Å². The molecule has 1 aromatic heterocycles. The van der Waals surface area contributed by atoms with Gasteiger partial charge in [-0.3, -0.25) is 0 Å². The van der Waals surface area contributed by atoms with Gasteiger partial charge in [-0.05, 0) is 31.0 Å². The lowest BCUT2D eigenvalue weighted by Gasteiger charge is -2.12. The molecule has 0 bridgehead atoms. The molecule has 1 aliphatic heterocycles. The highest BCUT2D eigenvalue weighted by Gasteiger charge is 2.15. The molecule has 0 aliphatic carbocycles. The Morgan fingerprint density at radius 1 is 1.39 bits per heavy atom. The molecule has 18 heavy (non-hydrogen) atoms. The topological polar surface area (TPSA) is 47.0 Å². The van der Waals surface area contributed by atoms with Crippen LogP contribution in [0.2, 0.25) is 0 Å². The van der Waals surface area contributed by atoms with Crippen molar-refractivity contribution in [1.82, 2.24) is 9.97 Å². The van der Waals surface area contributed by atoms with Crippen molar-refractivity contribution in [3.05, 3.63) is 29.0 Å². The van der Waals surface area contributed by atoms with Crippen LogP contribution in [-0.2, 0) is 4.74 Å². The van der Waals surface area contributed by atoms with Gasteiger partial charge in [-0.2, -0.15) is 0 Å². The van der Waals surface area contributed by atoms with Crippen molar-refractivity contribution < 1.29 is 4.74 Å². The van der Waals surface area contributed by atoms with Crippen LogP contribution in [0.15, 0.2) is 29.0 Å². The van der Waals surface area contributed by atoms with Gasteiger partial charge in [-0.1, -0.05) is 15.9 Å². The van der Waals surface area contributed by atoms with Gasteiger partial charge in [0.25, 0.3) is 0 Å². The number of hydrogen-bond donors (Lipinski definition) is 1. The zero-order chi connectivity index (χ0) is 12.4. The summed E-state index contributed by atoms with van der Waals surface area (Å²) in [5.74, 6) is 0.872. The molecule has 1 atom stereocenters. The number of fused-ring (bicyclic) bond motifs is 1. The van der Waals surface area contributed by atoms with Gasteiger partial charge in [0.1, 0.15) is 12.1 Å². The lowest BCUT2D eigenvalue weighted by Crippen LogP contribution is -2.19. The van der Waals surface area contributed by atoms with Gasteiger partial charge in [0.05, 0.1) is 11.6 Å². The minimum atomic E-state index is 0.308. The summed E-state index contributed by atoms with van der Waals surface area (Å²) in [6.07, 6.45) is 4.18.